The zero-order valence-electron chi connectivity index (χ0n) is 16.6. The van der Waals surface area contributed by atoms with Gasteiger partial charge in [-0.25, -0.2) is 13.4 Å². The molecule has 0 atom stereocenters. The Morgan fingerprint density at radius 3 is 2.25 bits per heavy atom. The zero-order valence-corrected chi connectivity index (χ0v) is 17.4. The molecule has 0 saturated carbocycles. The molecule has 1 amide bonds. The molecule has 0 aliphatic heterocycles. The molecule has 6 nitrogen and oxygen atoms in total. The van der Waals surface area contributed by atoms with Crippen molar-refractivity contribution in [3.05, 3.63) is 84.1 Å². The van der Waals surface area contributed by atoms with Crippen molar-refractivity contribution in [2.24, 2.45) is 0 Å². The number of hydrogen-bond acceptors (Lipinski definition) is 4. The van der Waals surface area contributed by atoms with E-state index < -0.39 is 26.1 Å². The third-order valence-corrected chi connectivity index (χ3v) is 6.36. The molecule has 2 aromatic heterocycles. The van der Waals surface area contributed by atoms with Crippen LogP contribution in [0.15, 0.2) is 77.8 Å². The van der Waals surface area contributed by atoms with Crippen molar-refractivity contribution in [2.75, 3.05) is 5.32 Å². The average molecular weight is 459 g/mol. The van der Waals surface area contributed by atoms with Crippen LogP contribution in [0.4, 0.5) is 19.0 Å². The minimum atomic E-state index is -5.49. The van der Waals surface area contributed by atoms with Crippen molar-refractivity contribution in [2.45, 2.75) is 17.3 Å². The molecular weight excluding hydrogens is 443 g/mol. The molecule has 2 aromatic carbocycles. The average Bonchev–Trinajstić information content (AvgIpc) is 3.13. The first kappa shape index (κ1) is 21.6. The molecule has 0 aliphatic carbocycles. The highest BCUT2D eigenvalue weighted by Gasteiger charge is 2.46. The highest BCUT2D eigenvalue weighted by Crippen LogP contribution is 2.32. The van der Waals surface area contributed by atoms with Gasteiger partial charge in [0.1, 0.15) is 17.2 Å². The quantitative estimate of drug-likeness (QED) is 0.473. The number of halogens is 3. The topological polar surface area (TPSA) is 80.5 Å². The van der Waals surface area contributed by atoms with E-state index in [0.717, 1.165) is 35.4 Å². The highest BCUT2D eigenvalue weighted by molar-refractivity contribution is 7.92. The number of rotatable bonds is 4. The Morgan fingerprint density at radius 1 is 0.969 bits per heavy atom. The van der Waals surface area contributed by atoms with Crippen LogP contribution in [0.1, 0.15) is 15.9 Å². The summed E-state index contributed by atoms with van der Waals surface area (Å²) in [5, 5.41) is 2.75. The van der Waals surface area contributed by atoms with E-state index in [2.05, 4.69) is 10.3 Å². The summed E-state index contributed by atoms with van der Waals surface area (Å²) in [5.41, 5.74) is -2.63. The van der Waals surface area contributed by atoms with Gasteiger partial charge < -0.3 is 5.32 Å². The number of hydrogen-bond donors (Lipinski definition) is 1. The number of carbonyl (C=O) groups is 1. The SMILES string of the molecule is Cc1cccn2c(NC(=O)c3ccc(S(=O)(=O)C(F)(F)F)cc3)c(-c3ccccc3)nc12. The maximum atomic E-state index is 12.9. The molecule has 164 valence electrons. The molecular formula is C22H16F3N3O3S. The van der Waals surface area contributed by atoms with Crippen molar-refractivity contribution < 1.29 is 26.4 Å². The lowest BCUT2D eigenvalue weighted by Gasteiger charge is -2.10. The van der Waals surface area contributed by atoms with Crippen molar-refractivity contribution in [1.82, 2.24) is 9.38 Å². The predicted molar refractivity (Wildman–Crippen MR) is 113 cm³/mol. The fourth-order valence-corrected chi connectivity index (χ4v) is 3.98. The third kappa shape index (κ3) is 3.73. The van der Waals surface area contributed by atoms with Crippen LogP contribution >= 0.6 is 0 Å². The first-order chi connectivity index (χ1) is 15.1. The minimum absolute atomic E-state index is 0.00672. The van der Waals surface area contributed by atoms with Crippen LogP contribution in [-0.2, 0) is 9.84 Å². The molecule has 0 saturated heterocycles. The van der Waals surface area contributed by atoms with E-state index in [4.69, 9.17) is 0 Å². The van der Waals surface area contributed by atoms with E-state index >= 15 is 0 Å². The van der Waals surface area contributed by atoms with Gasteiger partial charge in [-0.15, -0.1) is 0 Å². The number of amides is 1. The summed E-state index contributed by atoms with van der Waals surface area (Å²) in [6, 6.07) is 16.4. The van der Waals surface area contributed by atoms with Crippen LogP contribution in [0.25, 0.3) is 16.9 Å². The van der Waals surface area contributed by atoms with E-state index in [1.807, 2.05) is 43.3 Å². The lowest BCUT2D eigenvalue weighted by atomic mass is 10.1. The Balaban J connectivity index is 1.73. The number of imidazole rings is 1. The number of alkyl halides is 3. The van der Waals surface area contributed by atoms with Crippen LogP contribution < -0.4 is 5.32 Å². The van der Waals surface area contributed by atoms with Gasteiger partial charge in [0.2, 0.25) is 0 Å². The number of sulfone groups is 1. The maximum absolute atomic E-state index is 12.9. The summed E-state index contributed by atoms with van der Waals surface area (Å²) in [7, 11) is -5.49. The Kier molecular flexibility index (Phi) is 5.25. The first-order valence-corrected chi connectivity index (χ1v) is 10.8. The number of aromatic nitrogens is 2. The molecule has 0 radical (unpaired) electrons. The number of aryl methyl sites for hydroxylation is 1. The number of nitrogens with zero attached hydrogens (tertiary/aromatic N) is 2. The van der Waals surface area contributed by atoms with E-state index in [1.165, 1.54) is 0 Å². The molecule has 4 aromatic rings. The second-order valence-electron chi connectivity index (χ2n) is 6.99. The summed E-state index contributed by atoms with van der Waals surface area (Å²) in [6.07, 6.45) is 1.73. The van der Waals surface area contributed by atoms with Crippen molar-refractivity contribution in [1.29, 1.82) is 0 Å². The van der Waals surface area contributed by atoms with Crippen LogP contribution in [0, 0.1) is 6.92 Å². The molecule has 0 bridgehead atoms. The van der Waals surface area contributed by atoms with Crippen LogP contribution in [0.3, 0.4) is 0 Å². The van der Waals surface area contributed by atoms with Gasteiger partial charge in [-0.05, 0) is 42.8 Å². The number of pyridine rings is 1. The van der Waals surface area contributed by atoms with Crippen LogP contribution in [-0.4, -0.2) is 29.2 Å². The molecule has 1 N–H and O–H groups in total. The molecule has 4 rings (SSSR count). The van der Waals surface area contributed by atoms with Gasteiger partial charge in [0.15, 0.2) is 0 Å². The van der Waals surface area contributed by atoms with Gasteiger partial charge in [0, 0.05) is 17.3 Å². The van der Waals surface area contributed by atoms with Crippen molar-refractivity contribution >= 4 is 27.2 Å². The minimum Gasteiger partial charge on any atom is -0.306 e. The van der Waals surface area contributed by atoms with Crippen molar-refractivity contribution in [3.63, 3.8) is 0 Å². The van der Waals surface area contributed by atoms with Gasteiger partial charge in [-0.3, -0.25) is 9.20 Å². The van der Waals surface area contributed by atoms with Crippen molar-refractivity contribution in [3.8, 4) is 11.3 Å². The first-order valence-electron chi connectivity index (χ1n) is 9.35. The molecule has 2 heterocycles. The van der Waals surface area contributed by atoms with Gasteiger partial charge in [-0.1, -0.05) is 36.4 Å². The monoisotopic (exact) mass is 459 g/mol. The smallest absolute Gasteiger partial charge is 0.306 e. The van der Waals surface area contributed by atoms with Gasteiger partial charge >= 0.3 is 5.51 Å². The summed E-state index contributed by atoms with van der Waals surface area (Å²) < 4.78 is 63.0. The maximum Gasteiger partial charge on any atom is 0.501 e. The fraction of sp³-hybridized carbons (Fsp3) is 0.0909. The Bertz CT molecular complexity index is 1410. The molecule has 0 unspecified atom stereocenters. The predicted octanol–water partition coefficient (Wildman–Crippen LogP) is 4.86. The molecule has 0 aliphatic rings. The number of nitrogens with one attached hydrogen (secondary N) is 1. The standard InChI is InChI=1S/C22H16F3N3O3S/c1-14-6-5-13-28-19(14)26-18(15-7-3-2-4-8-15)20(28)27-21(29)16-9-11-17(12-10-16)32(30,31)22(23,24)25/h2-13H,1H3,(H,27,29). The molecule has 10 heteroatoms. The molecule has 32 heavy (non-hydrogen) atoms. The normalized spacial score (nSPS) is 12.1. The summed E-state index contributed by atoms with van der Waals surface area (Å²) in [6.45, 7) is 1.88. The summed E-state index contributed by atoms with van der Waals surface area (Å²) in [5.74, 6) is -0.242. The van der Waals surface area contributed by atoms with Crippen LogP contribution in [0.5, 0.6) is 0 Å². The van der Waals surface area contributed by atoms with Gasteiger partial charge in [-0.2, -0.15) is 13.2 Å². The number of fused-ring (bicyclic) bond motifs is 1. The van der Waals surface area contributed by atoms with E-state index in [0.29, 0.717) is 17.2 Å². The Morgan fingerprint density at radius 2 is 1.62 bits per heavy atom. The zero-order chi connectivity index (χ0) is 23.1. The number of benzene rings is 2. The second kappa shape index (κ2) is 7.79. The Hall–Kier alpha value is -3.66. The second-order valence-corrected chi connectivity index (χ2v) is 8.93. The van der Waals surface area contributed by atoms with Gasteiger partial charge in [0.25, 0.3) is 15.7 Å². The van der Waals surface area contributed by atoms with E-state index in [1.54, 1.807) is 16.7 Å². The lowest BCUT2D eigenvalue weighted by molar-refractivity contribution is -0.0436. The summed E-state index contributed by atoms with van der Waals surface area (Å²) in [4.78, 5) is 16.6. The highest BCUT2D eigenvalue weighted by atomic mass is 32.2. The van der Waals surface area contributed by atoms with Crippen LogP contribution in [0.2, 0.25) is 0 Å². The van der Waals surface area contributed by atoms with Gasteiger partial charge in [0.05, 0.1) is 4.90 Å². The van der Waals surface area contributed by atoms with E-state index in [9.17, 15) is 26.4 Å². The summed E-state index contributed by atoms with van der Waals surface area (Å²) >= 11 is 0. The molecule has 0 spiro atoms. The Labute approximate surface area is 181 Å². The molecule has 0 fully saturated rings. The number of carbonyl (C=O) groups excluding carboxylic acids is 1. The number of anilines is 1. The largest absolute Gasteiger partial charge is 0.501 e. The van der Waals surface area contributed by atoms with E-state index in [-0.39, 0.29) is 5.56 Å². The lowest BCUT2D eigenvalue weighted by Crippen LogP contribution is -2.23. The third-order valence-electron chi connectivity index (χ3n) is 4.86. The fourth-order valence-electron chi connectivity index (χ4n) is 3.22.